The molecule has 0 fully saturated rings. The highest BCUT2D eigenvalue weighted by molar-refractivity contribution is 6.03. The van der Waals surface area contributed by atoms with Gasteiger partial charge in [-0.05, 0) is 13.8 Å². The van der Waals surface area contributed by atoms with Crippen molar-refractivity contribution in [3.8, 4) is 17.2 Å². The maximum Gasteiger partial charge on any atom is 0.293 e. The molecule has 1 heterocycles. The van der Waals surface area contributed by atoms with Crippen LogP contribution in [0.1, 0.15) is 36.2 Å². The van der Waals surface area contributed by atoms with Crippen molar-refractivity contribution in [2.24, 2.45) is 0 Å². The van der Waals surface area contributed by atoms with E-state index in [1.54, 1.807) is 13.8 Å². The third kappa shape index (κ3) is 2.33. The zero-order valence-corrected chi connectivity index (χ0v) is 10.6. The second-order valence-corrected chi connectivity index (χ2v) is 4.96. The van der Waals surface area contributed by atoms with Crippen LogP contribution < -0.4 is 4.74 Å². The number of carbonyl (C=O) groups is 2. The Balaban J connectivity index is 2.53. The van der Waals surface area contributed by atoms with Crippen molar-refractivity contribution in [2.75, 3.05) is 0 Å². The average Bonchev–Trinajstić information content (AvgIpc) is 2.25. The highest BCUT2D eigenvalue weighted by Crippen LogP contribution is 2.43. The fourth-order valence-corrected chi connectivity index (χ4v) is 2.09. The molecule has 0 saturated carbocycles. The molecule has 0 bridgehead atoms. The molecule has 2 rings (SSSR count). The summed E-state index contributed by atoms with van der Waals surface area (Å²) in [6.45, 7) is 3.36. The Hall–Kier alpha value is -2.24. The van der Waals surface area contributed by atoms with E-state index in [-0.39, 0.29) is 47.9 Å². The number of rotatable bonds is 3. The van der Waals surface area contributed by atoms with Gasteiger partial charge in [0.2, 0.25) is 0 Å². The predicted molar refractivity (Wildman–Crippen MR) is 64.3 cm³/mol. The van der Waals surface area contributed by atoms with E-state index in [1.807, 2.05) is 0 Å². The van der Waals surface area contributed by atoms with E-state index in [9.17, 15) is 19.8 Å². The van der Waals surface area contributed by atoms with Gasteiger partial charge in [0.25, 0.3) is 6.47 Å². The molecular formula is C13H14O6. The number of phenolic OH excluding ortho intramolecular Hbond substituents is 2. The van der Waals surface area contributed by atoms with Crippen LogP contribution in [0.15, 0.2) is 6.07 Å². The molecule has 0 saturated heterocycles. The van der Waals surface area contributed by atoms with Gasteiger partial charge in [0.15, 0.2) is 5.78 Å². The molecule has 19 heavy (non-hydrogen) atoms. The Kier molecular flexibility index (Phi) is 3.09. The van der Waals surface area contributed by atoms with Gasteiger partial charge in [-0.2, -0.15) is 0 Å². The fourth-order valence-electron chi connectivity index (χ4n) is 2.09. The number of ether oxygens (including phenoxy) is 2. The van der Waals surface area contributed by atoms with Crippen molar-refractivity contribution in [2.45, 2.75) is 32.5 Å². The first-order valence-electron chi connectivity index (χ1n) is 5.71. The Morgan fingerprint density at radius 1 is 1.47 bits per heavy atom. The number of Topliss-reactive ketones (excluding diaryl/α,β-unsaturated/α-hetero) is 1. The summed E-state index contributed by atoms with van der Waals surface area (Å²) in [5.41, 5.74) is -0.687. The second-order valence-electron chi connectivity index (χ2n) is 4.96. The first-order valence-corrected chi connectivity index (χ1v) is 5.71. The molecule has 0 aliphatic carbocycles. The Morgan fingerprint density at radius 3 is 2.79 bits per heavy atom. The van der Waals surface area contributed by atoms with E-state index in [0.717, 1.165) is 0 Å². The molecule has 1 aromatic rings. The topological polar surface area (TPSA) is 93.1 Å². The Morgan fingerprint density at radius 2 is 2.16 bits per heavy atom. The van der Waals surface area contributed by atoms with Crippen LogP contribution >= 0.6 is 0 Å². The summed E-state index contributed by atoms with van der Waals surface area (Å²) in [6, 6.07) is 1.25. The first-order chi connectivity index (χ1) is 8.85. The highest BCUT2D eigenvalue weighted by atomic mass is 16.5. The third-order valence-electron chi connectivity index (χ3n) is 2.89. The summed E-state index contributed by atoms with van der Waals surface area (Å²) in [7, 11) is 0. The van der Waals surface area contributed by atoms with Crippen molar-refractivity contribution >= 4 is 12.3 Å². The number of hydrogen-bond donors (Lipinski definition) is 2. The van der Waals surface area contributed by atoms with Crippen LogP contribution in [0.25, 0.3) is 0 Å². The van der Waals surface area contributed by atoms with Crippen LogP contribution in [0, 0.1) is 0 Å². The standard InChI is InChI=1S/C13H14O6/c1-13(2)4-9(16)11-10(19-13)3-8(15)7(12(11)17)5-18-6-14/h3,6,15,17H,4-5H2,1-2H3. The van der Waals surface area contributed by atoms with E-state index in [0.29, 0.717) is 0 Å². The van der Waals surface area contributed by atoms with Crippen LogP contribution in [0.4, 0.5) is 0 Å². The van der Waals surface area contributed by atoms with Gasteiger partial charge in [0.1, 0.15) is 35.0 Å². The number of benzene rings is 1. The lowest BCUT2D eigenvalue weighted by atomic mass is 9.91. The van der Waals surface area contributed by atoms with Gasteiger partial charge in [0, 0.05) is 6.07 Å². The van der Waals surface area contributed by atoms with Crippen molar-refractivity contribution in [3.63, 3.8) is 0 Å². The van der Waals surface area contributed by atoms with Crippen molar-refractivity contribution in [3.05, 3.63) is 17.2 Å². The SMILES string of the molecule is CC1(C)CC(=O)c2c(cc(O)c(COC=O)c2O)O1. The van der Waals surface area contributed by atoms with Gasteiger partial charge in [0.05, 0.1) is 12.0 Å². The number of phenols is 2. The third-order valence-corrected chi connectivity index (χ3v) is 2.89. The minimum absolute atomic E-state index is 0.0116. The van der Waals surface area contributed by atoms with Crippen LogP contribution in [0.2, 0.25) is 0 Å². The normalized spacial score (nSPS) is 16.4. The minimum Gasteiger partial charge on any atom is -0.507 e. The zero-order valence-electron chi connectivity index (χ0n) is 10.6. The summed E-state index contributed by atoms with van der Waals surface area (Å²) in [6.07, 6.45) is 0.117. The minimum atomic E-state index is -0.691. The largest absolute Gasteiger partial charge is 0.507 e. The molecule has 1 aliphatic rings. The van der Waals surface area contributed by atoms with Gasteiger partial charge >= 0.3 is 0 Å². The van der Waals surface area contributed by atoms with Gasteiger partial charge in [-0.15, -0.1) is 0 Å². The van der Waals surface area contributed by atoms with Crippen molar-refractivity contribution in [1.29, 1.82) is 0 Å². The Bertz CT molecular complexity index is 547. The lowest BCUT2D eigenvalue weighted by molar-refractivity contribution is -0.129. The molecule has 0 atom stereocenters. The molecule has 0 amide bonds. The maximum absolute atomic E-state index is 12.0. The summed E-state index contributed by atoms with van der Waals surface area (Å²) in [5, 5.41) is 19.8. The van der Waals surface area contributed by atoms with Crippen molar-refractivity contribution in [1.82, 2.24) is 0 Å². The smallest absolute Gasteiger partial charge is 0.293 e. The van der Waals surface area contributed by atoms with E-state index in [4.69, 9.17) is 4.74 Å². The summed E-state index contributed by atoms with van der Waals surface area (Å²) in [5.74, 6) is -0.844. The van der Waals surface area contributed by atoms with Gasteiger partial charge in [-0.3, -0.25) is 9.59 Å². The monoisotopic (exact) mass is 266 g/mol. The quantitative estimate of drug-likeness (QED) is 0.805. The Labute approximate surface area is 109 Å². The van der Waals surface area contributed by atoms with Gasteiger partial charge < -0.3 is 19.7 Å². The molecule has 6 nitrogen and oxygen atoms in total. The molecule has 2 N–H and O–H groups in total. The molecule has 0 radical (unpaired) electrons. The second kappa shape index (κ2) is 4.46. The van der Waals surface area contributed by atoms with E-state index >= 15 is 0 Å². The first kappa shape index (κ1) is 13.2. The van der Waals surface area contributed by atoms with E-state index < -0.39 is 11.4 Å². The van der Waals surface area contributed by atoms with Crippen LogP contribution in [-0.2, 0) is 16.1 Å². The number of ketones is 1. The molecule has 0 aromatic heterocycles. The fraction of sp³-hybridized carbons (Fsp3) is 0.385. The number of aromatic hydroxyl groups is 2. The average molecular weight is 266 g/mol. The molecule has 6 heteroatoms. The molecule has 0 spiro atoms. The zero-order chi connectivity index (χ0) is 14.2. The van der Waals surface area contributed by atoms with Gasteiger partial charge in [-0.25, -0.2) is 0 Å². The van der Waals surface area contributed by atoms with Crippen molar-refractivity contribution < 1.29 is 29.3 Å². The summed E-state index contributed by atoms with van der Waals surface area (Å²) >= 11 is 0. The lowest BCUT2D eigenvalue weighted by Gasteiger charge is -2.32. The maximum atomic E-state index is 12.0. The number of carbonyl (C=O) groups excluding carboxylic acids is 2. The highest BCUT2D eigenvalue weighted by Gasteiger charge is 2.36. The van der Waals surface area contributed by atoms with Crippen LogP contribution in [0.5, 0.6) is 17.2 Å². The van der Waals surface area contributed by atoms with Crippen LogP contribution in [0.3, 0.4) is 0 Å². The number of hydrogen-bond acceptors (Lipinski definition) is 6. The van der Waals surface area contributed by atoms with Gasteiger partial charge in [-0.1, -0.05) is 0 Å². The lowest BCUT2D eigenvalue weighted by Crippen LogP contribution is -2.36. The van der Waals surface area contributed by atoms with Crippen LogP contribution in [-0.4, -0.2) is 28.1 Å². The van der Waals surface area contributed by atoms with E-state index in [2.05, 4.69) is 4.74 Å². The summed E-state index contributed by atoms with van der Waals surface area (Å²) in [4.78, 5) is 22.2. The molecule has 102 valence electrons. The molecular weight excluding hydrogens is 252 g/mol. The van der Waals surface area contributed by atoms with E-state index in [1.165, 1.54) is 6.07 Å². The predicted octanol–water partition coefficient (Wildman–Crippen LogP) is 1.51. The molecule has 0 unspecified atom stereocenters. The molecule has 1 aromatic carbocycles. The molecule has 1 aliphatic heterocycles. The number of fused-ring (bicyclic) bond motifs is 1. The summed E-state index contributed by atoms with van der Waals surface area (Å²) < 4.78 is 10.1.